The van der Waals surface area contributed by atoms with Crippen LogP contribution in [0.5, 0.6) is 11.5 Å². The van der Waals surface area contributed by atoms with Crippen LogP contribution in [0.4, 0.5) is 0 Å². The maximum absolute atomic E-state index is 12.4. The minimum atomic E-state index is -0.289. The van der Waals surface area contributed by atoms with Crippen molar-refractivity contribution in [1.82, 2.24) is 10.2 Å². The SMILES string of the molecule is CC(NC(C)c1cc(O)cc(O)c1)C(=O)N1CCCCC1. The molecular formula is C16H24N2O3. The lowest BCUT2D eigenvalue weighted by atomic mass is 10.1. The molecule has 5 heteroatoms. The van der Waals surface area contributed by atoms with E-state index in [2.05, 4.69) is 5.32 Å². The van der Waals surface area contributed by atoms with Crippen LogP contribution >= 0.6 is 0 Å². The Morgan fingerprint density at radius 3 is 2.24 bits per heavy atom. The second kappa shape index (κ2) is 6.80. The Kier molecular flexibility index (Phi) is 5.07. The number of benzene rings is 1. The molecule has 116 valence electrons. The number of rotatable bonds is 4. The van der Waals surface area contributed by atoms with Crippen LogP contribution in [0.15, 0.2) is 18.2 Å². The number of carbonyl (C=O) groups excluding carboxylic acids is 1. The molecule has 0 saturated carbocycles. The molecule has 1 heterocycles. The van der Waals surface area contributed by atoms with Crippen molar-refractivity contribution in [2.75, 3.05) is 13.1 Å². The Balaban J connectivity index is 1.97. The molecule has 2 atom stereocenters. The first-order valence-electron chi connectivity index (χ1n) is 7.55. The van der Waals surface area contributed by atoms with E-state index < -0.39 is 0 Å². The highest BCUT2D eigenvalue weighted by molar-refractivity contribution is 5.81. The van der Waals surface area contributed by atoms with Crippen molar-refractivity contribution in [3.63, 3.8) is 0 Å². The summed E-state index contributed by atoms with van der Waals surface area (Å²) in [7, 11) is 0. The summed E-state index contributed by atoms with van der Waals surface area (Å²) in [6.45, 7) is 5.45. The van der Waals surface area contributed by atoms with Gasteiger partial charge in [-0.05, 0) is 50.8 Å². The van der Waals surface area contributed by atoms with Crippen molar-refractivity contribution in [1.29, 1.82) is 0 Å². The molecule has 1 aromatic carbocycles. The summed E-state index contributed by atoms with van der Waals surface area (Å²) in [6, 6.07) is 4.05. The van der Waals surface area contributed by atoms with E-state index in [4.69, 9.17) is 0 Å². The van der Waals surface area contributed by atoms with Crippen LogP contribution in [0.3, 0.4) is 0 Å². The maximum atomic E-state index is 12.4. The number of nitrogens with zero attached hydrogens (tertiary/aromatic N) is 1. The van der Waals surface area contributed by atoms with E-state index in [-0.39, 0.29) is 29.5 Å². The summed E-state index contributed by atoms with van der Waals surface area (Å²) < 4.78 is 0. The van der Waals surface area contributed by atoms with Gasteiger partial charge in [-0.15, -0.1) is 0 Å². The van der Waals surface area contributed by atoms with Crippen molar-refractivity contribution in [3.05, 3.63) is 23.8 Å². The van der Waals surface area contributed by atoms with E-state index in [1.54, 1.807) is 12.1 Å². The molecule has 0 spiro atoms. The van der Waals surface area contributed by atoms with E-state index in [9.17, 15) is 15.0 Å². The summed E-state index contributed by atoms with van der Waals surface area (Å²) in [4.78, 5) is 14.3. The monoisotopic (exact) mass is 292 g/mol. The molecule has 0 radical (unpaired) electrons. The van der Waals surface area contributed by atoms with Crippen LogP contribution in [0, 0.1) is 0 Å². The summed E-state index contributed by atoms with van der Waals surface area (Å²) in [5.41, 5.74) is 0.755. The molecule has 21 heavy (non-hydrogen) atoms. The largest absolute Gasteiger partial charge is 0.508 e. The van der Waals surface area contributed by atoms with Gasteiger partial charge in [0, 0.05) is 25.2 Å². The van der Waals surface area contributed by atoms with Crippen LogP contribution in [-0.2, 0) is 4.79 Å². The number of piperidine rings is 1. The summed E-state index contributed by atoms with van der Waals surface area (Å²) >= 11 is 0. The first kappa shape index (κ1) is 15.6. The molecule has 1 aliphatic rings. The number of carbonyl (C=O) groups is 1. The minimum Gasteiger partial charge on any atom is -0.508 e. The molecule has 1 aliphatic heterocycles. The van der Waals surface area contributed by atoms with E-state index in [1.807, 2.05) is 18.7 Å². The fourth-order valence-electron chi connectivity index (χ4n) is 2.80. The smallest absolute Gasteiger partial charge is 0.239 e. The van der Waals surface area contributed by atoms with Crippen molar-refractivity contribution >= 4 is 5.91 Å². The number of likely N-dealkylation sites (tertiary alicyclic amines) is 1. The van der Waals surface area contributed by atoms with E-state index in [1.165, 1.54) is 12.5 Å². The van der Waals surface area contributed by atoms with Crippen LogP contribution in [0.25, 0.3) is 0 Å². The van der Waals surface area contributed by atoms with Gasteiger partial charge in [0.25, 0.3) is 0 Å². The van der Waals surface area contributed by atoms with E-state index >= 15 is 0 Å². The van der Waals surface area contributed by atoms with Gasteiger partial charge in [-0.2, -0.15) is 0 Å². The van der Waals surface area contributed by atoms with Crippen molar-refractivity contribution < 1.29 is 15.0 Å². The zero-order chi connectivity index (χ0) is 15.4. The minimum absolute atomic E-state index is 0.0219. The second-order valence-corrected chi connectivity index (χ2v) is 5.78. The number of phenols is 2. The van der Waals surface area contributed by atoms with Gasteiger partial charge in [-0.3, -0.25) is 10.1 Å². The lowest BCUT2D eigenvalue weighted by Gasteiger charge is -2.30. The highest BCUT2D eigenvalue weighted by atomic mass is 16.3. The van der Waals surface area contributed by atoms with Crippen molar-refractivity contribution in [2.45, 2.75) is 45.2 Å². The van der Waals surface area contributed by atoms with Crippen LogP contribution in [0.2, 0.25) is 0 Å². The molecule has 1 aromatic rings. The van der Waals surface area contributed by atoms with Crippen LogP contribution < -0.4 is 5.32 Å². The fraction of sp³-hybridized carbons (Fsp3) is 0.562. The summed E-state index contributed by atoms with van der Waals surface area (Å²) in [6.07, 6.45) is 3.35. The number of hydrogen-bond donors (Lipinski definition) is 3. The van der Waals surface area contributed by atoms with E-state index in [0.717, 1.165) is 31.5 Å². The Labute approximate surface area is 125 Å². The van der Waals surface area contributed by atoms with Crippen LogP contribution in [-0.4, -0.2) is 40.2 Å². The fourth-order valence-corrected chi connectivity index (χ4v) is 2.80. The third-order valence-corrected chi connectivity index (χ3v) is 3.96. The average Bonchev–Trinajstić information content (AvgIpc) is 2.46. The lowest BCUT2D eigenvalue weighted by molar-refractivity contribution is -0.134. The Morgan fingerprint density at radius 1 is 1.10 bits per heavy atom. The number of phenolic OH excluding ortho intramolecular Hbond substituents is 2. The van der Waals surface area contributed by atoms with Gasteiger partial charge >= 0.3 is 0 Å². The Bertz CT molecular complexity index is 478. The average molecular weight is 292 g/mol. The number of amides is 1. The molecule has 2 rings (SSSR count). The van der Waals surface area contributed by atoms with Crippen molar-refractivity contribution in [3.8, 4) is 11.5 Å². The maximum Gasteiger partial charge on any atom is 0.239 e. The zero-order valence-corrected chi connectivity index (χ0v) is 12.7. The third-order valence-electron chi connectivity index (χ3n) is 3.96. The topological polar surface area (TPSA) is 72.8 Å². The molecule has 0 aliphatic carbocycles. The Morgan fingerprint density at radius 2 is 1.67 bits per heavy atom. The molecule has 1 amide bonds. The standard InChI is InChI=1S/C16H24N2O3/c1-11(13-8-14(19)10-15(20)9-13)17-12(2)16(21)18-6-4-3-5-7-18/h8-12,17,19-20H,3-7H2,1-2H3. The predicted molar refractivity (Wildman–Crippen MR) is 81.2 cm³/mol. The normalized spacial score (nSPS) is 18.3. The van der Waals surface area contributed by atoms with Gasteiger partial charge in [0.15, 0.2) is 0 Å². The van der Waals surface area contributed by atoms with E-state index in [0.29, 0.717) is 0 Å². The van der Waals surface area contributed by atoms with Gasteiger partial charge in [-0.1, -0.05) is 0 Å². The van der Waals surface area contributed by atoms with Gasteiger partial charge in [0.2, 0.25) is 5.91 Å². The predicted octanol–water partition coefficient (Wildman–Crippen LogP) is 2.15. The Hall–Kier alpha value is -1.75. The third kappa shape index (κ3) is 4.11. The van der Waals surface area contributed by atoms with Gasteiger partial charge in [0.05, 0.1) is 6.04 Å². The quantitative estimate of drug-likeness (QED) is 0.795. The molecule has 3 N–H and O–H groups in total. The highest BCUT2D eigenvalue weighted by Crippen LogP contribution is 2.25. The first-order chi connectivity index (χ1) is 9.97. The van der Waals surface area contributed by atoms with Crippen molar-refractivity contribution in [2.24, 2.45) is 0 Å². The van der Waals surface area contributed by atoms with Gasteiger partial charge < -0.3 is 15.1 Å². The number of aromatic hydroxyl groups is 2. The van der Waals surface area contributed by atoms with Gasteiger partial charge in [0.1, 0.15) is 11.5 Å². The number of nitrogens with one attached hydrogen (secondary N) is 1. The summed E-state index contributed by atoms with van der Waals surface area (Å²) in [5.74, 6) is 0.160. The molecule has 0 bridgehead atoms. The molecular weight excluding hydrogens is 268 g/mol. The molecule has 1 fully saturated rings. The summed E-state index contributed by atoms with van der Waals surface area (Å²) in [5, 5.41) is 22.3. The molecule has 5 nitrogen and oxygen atoms in total. The van der Waals surface area contributed by atoms with Crippen LogP contribution in [0.1, 0.15) is 44.7 Å². The number of hydrogen-bond acceptors (Lipinski definition) is 4. The second-order valence-electron chi connectivity index (χ2n) is 5.78. The molecule has 0 aromatic heterocycles. The lowest BCUT2D eigenvalue weighted by Crippen LogP contribution is -2.47. The molecule has 2 unspecified atom stereocenters. The first-order valence-corrected chi connectivity index (χ1v) is 7.55. The highest BCUT2D eigenvalue weighted by Gasteiger charge is 2.23. The van der Waals surface area contributed by atoms with Gasteiger partial charge in [-0.25, -0.2) is 0 Å². The molecule has 1 saturated heterocycles. The zero-order valence-electron chi connectivity index (χ0n) is 12.7.